The molecule has 1 N–H and O–H groups in total. The molecule has 0 aliphatic carbocycles. The van der Waals surface area contributed by atoms with Gasteiger partial charge in [-0.25, -0.2) is 0 Å². The molecule has 1 atom stereocenters. The first-order chi connectivity index (χ1) is 14.1. The Kier molecular flexibility index (Phi) is 9.08. The van der Waals surface area contributed by atoms with Crippen LogP contribution in [0.2, 0.25) is 0 Å². The normalized spacial score (nSPS) is 15.3. The van der Waals surface area contributed by atoms with Gasteiger partial charge in [-0.05, 0) is 42.7 Å². The number of anilines is 1. The summed E-state index contributed by atoms with van der Waals surface area (Å²) in [7, 11) is 4.75. The lowest BCUT2D eigenvalue weighted by Gasteiger charge is -2.37. The zero-order valence-electron chi connectivity index (χ0n) is 18.3. The van der Waals surface area contributed by atoms with Crippen molar-refractivity contribution in [2.75, 3.05) is 59.0 Å². The molecule has 0 radical (unpaired) electrons. The Labute approximate surface area is 185 Å². The van der Waals surface area contributed by atoms with Crippen molar-refractivity contribution in [2.45, 2.75) is 19.4 Å². The lowest BCUT2D eigenvalue weighted by molar-refractivity contribution is 0.139. The third-order valence-electron chi connectivity index (χ3n) is 5.62. The van der Waals surface area contributed by atoms with Crippen molar-refractivity contribution >= 4 is 18.1 Å². The average Bonchev–Trinajstić information content (AvgIpc) is 2.77. The van der Waals surface area contributed by atoms with Crippen molar-refractivity contribution in [2.24, 2.45) is 0 Å². The Bertz CT molecular complexity index is 785. The maximum atomic E-state index is 10.7. The first-order valence-electron chi connectivity index (χ1n) is 10.1. The molecular weight excluding hydrogens is 404 g/mol. The van der Waals surface area contributed by atoms with Crippen LogP contribution in [0.3, 0.4) is 0 Å². The van der Waals surface area contributed by atoms with Crippen LogP contribution in [0, 0.1) is 6.92 Å². The van der Waals surface area contributed by atoms with Crippen LogP contribution in [0.15, 0.2) is 36.4 Å². The van der Waals surface area contributed by atoms with E-state index < -0.39 is 6.10 Å². The smallest absolute Gasteiger partial charge is 0.203 e. The van der Waals surface area contributed by atoms with E-state index in [1.807, 2.05) is 12.1 Å². The van der Waals surface area contributed by atoms with Crippen LogP contribution >= 0.6 is 12.4 Å². The number of halogens is 1. The largest absolute Gasteiger partial charge is 0.493 e. The van der Waals surface area contributed by atoms with Gasteiger partial charge in [-0.1, -0.05) is 18.2 Å². The van der Waals surface area contributed by atoms with Gasteiger partial charge < -0.3 is 24.2 Å². The molecule has 1 unspecified atom stereocenters. The number of para-hydroxylation sites is 1. The lowest BCUT2D eigenvalue weighted by atomic mass is 10.0. The highest BCUT2D eigenvalue weighted by Gasteiger charge is 2.21. The zero-order chi connectivity index (χ0) is 20.8. The molecule has 2 aromatic carbocycles. The Morgan fingerprint density at radius 3 is 2.07 bits per heavy atom. The van der Waals surface area contributed by atoms with Gasteiger partial charge in [0.2, 0.25) is 5.75 Å². The van der Waals surface area contributed by atoms with E-state index in [9.17, 15) is 5.11 Å². The van der Waals surface area contributed by atoms with Gasteiger partial charge in [0.1, 0.15) is 0 Å². The van der Waals surface area contributed by atoms with Crippen LogP contribution in [0.25, 0.3) is 0 Å². The van der Waals surface area contributed by atoms with Crippen molar-refractivity contribution < 1.29 is 19.3 Å². The van der Waals surface area contributed by atoms with Crippen LogP contribution in [0.5, 0.6) is 17.2 Å². The highest BCUT2D eigenvalue weighted by Crippen LogP contribution is 2.40. The first kappa shape index (κ1) is 24.1. The molecule has 0 amide bonds. The second-order valence-electron chi connectivity index (χ2n) is 7.38. The summed E-state index contributed by atoms with van der Waals surface area (Å²) in [6.45, 7) is 7.01. The maximum absolute atomic E-state index is 10.7. The molecule has 1 saturated heterocycles. The van der Waals surface area contributed by atoms with E-state index in [4.69, 9.17) is 14.2 Å². The van der Waals surface area contributed by atoms with E-state index in [0.29, 0.717) is 23.7 Å². The minimum Gasteiger partial charge on any atom is -0.493 e. The summed E-state index contributed by atoms with van der Waals surface area (Å²) in [6.07, 6.45) is 0.0707. The molecule has 6 nitrogen and oxygen atoms in total. The number of rotatable bonds is 8. The van der Waals surface area contributed by atoms with Crippen molar-refractivity contribution in [1.82, 2.24) is 4.90 Å². The van der Waals surface area contributed by atoms with Crippen LogP contribution in [0.4, 0.5) is 5.69 Å². The van der Waals surface area contributed by atoms with Gasteiger partial charge in [0.05, 0.1) is 27.4 Å². The summed E-state index contributed by atoms with van der Waals surface area (Å²) in [5, 5.41) is 10.7. The zero-order valence-corrected chi connectivity index (χ0v) is 19.1. The summed E-state index contributed by atoms with van der Waals surface area (Å²) < 4.78 is 16.1. The molecule has 0 bridgehead atoms. The Morgan fingerprint density at radius 1 is 0.933 bits per heavy atom. The number of aliphatic hydroxyl groups excluding tert-OH is 1. The van der Waals surface area contributed by atoms with E-state index in [1.54, 1.807) is 21.3 Å². The van der Waals surface area contributed by atoms with Crippen molar-refractivity contribution in [3.63, 3.8) is 0 Å². The molecular formula is C23H33ClN2O4. The predicted molar refractivity (Wildman–Crippen MR) is 123 cm³/mol. The fourth-order valence-corrected chi connectivity index (χ4v) is 3.90. The molecule has 0 aromatic heterocycles. The predicted octanol–water partition coefficient (Wildman–Crippen LogP) is 3.69. The van der Waals surface area contributed by atoms with Crippen LogP contribution in [0.1, 0.15) is 23.7 Å². The number of ether oxygens (including phenoxy) is 3. The average molecular weight is 437 g/mol. The third kappa shape index (κ3) is 5.50. The van der Waals surface area contributed by atoms with E-state index >= 15 is 0 Å². The van der Waals surface area contributed by atoms with Gasteiger partial charge >= 0.3 is 0 Å². The molecule has 2 aromatic rings. The number of aliphatic hydroxyl groups is 1. The molecule has 166 valence electrons. The van der Waals surface area contributed by atoms with Crippen molar-refractivity contribution in [1.29, 1.82) is 0 Å². The minimum absolute atomic E-state index is 0. The van der Waals surface area contributed by atoms with Gasteiger partial charge in [0, 0.05) is 38.4 Å². The van der Waals surface area contributed by atoms with Gasteiger partial charge in [-0.3, -0.25) is 4.90 Å². The quantitative estimate of drug-likeness (QED) is 0.681. The van der Waals surface area contributed by atoms with Crippen LogP contribution < -0.4 is 19.1 Å². The standard InChI is InChI=1S/C23H32N2O4.ClH/c1-17-7-5-6-8-19(17)25-13-11-24(12-14-25)10-9-20(26)18-15-21(27-2)23(29-4)22(16-18)28-3;/h5-8,15-16,20,26H,9-14H2,1-4H3;1H. The number of hydrogen-bond donors (Lipinski definition) is 1. The number of benzene rings is 2. The first-order valence-corrected chi connectivity index (χ1v) is 10.1. The van der Waals surface area contributed by atoms with Gasteiger partial charge in [-0.2, -0.15) is 0 Å². The van der Waals surface area contributed by atoms with Crippen molar-refractivity contribution in [3.05, 3.63) is 47.5 Å². The number of aryl methyl sites for hydroxylation is 1. The summed E-state index contributed by atoms with van der Waals surface area (Å²) in [4.78, 5) is 4.86. The molecule has 7 heteroatoms. The summed E-state index contributed by atoms with van der Waals surface area (Å²) in [5.41, 5.74) is 3.42. The molecule has 0 spiro atoms. The van der Waals surface area contributed by atoms with E-state index in [-0.39, 0.29) is 12.4 Å². The maximum Gasteiger partial charge on any atom is 0.203 e. The third-order valence-corrected chi connectivity index (χ3v) is 5.62. The SMILES string of the molecule is COc1cc(C(O)CCN2CCN(c3ccccc3C)CC2)cc(OC)c1OC.Cl. The fourth-order valence-electron chi connectivity index (χ4n) is 3.90. The van der Waals surface area contributed by atoms with Gasteiger partial charge in [0.25, 0.3) is 0 Å². The molecule has 1 fully saturated rings. The second kappa shape index (κ2) is 11.3. The summed E-state index contributed by atoms with van der Waals surface area (Å²) >= 11 is 0. The Morgan fingerprint density at radius 2 is 1.53 bits per heavy atom. The van der Waals surface area contributed by atoms with Crippen LogP contribution in [-0.4, -0.2) is 64.1 Å². The molecule has 1 aliphatic rings. The lowest BCUT2D eigenvalue weighted by Crippen LogP contribution is -2.47. The monoisotopic (exact) mass is 436 g/mol. The van der Waals surface area contributed by atoms with Gasteiger partial charge in [0.15, 0.2) is 11.5 Å². The number of piperazine rings is 1. The topological polar surface area (TPSA) is 54.4 Å². The van der Waals surface area contributed by atoms with E-state index in [1.165, 1.54) is 11.3 Å². The molecule has 3 rings (SSSR count). The van der Waals surface area contributed by atoms with E-state index in [2.05, 4.69) is 41.0 Å². The highest BCUT2D eigenvalue weighted by atomic mass is 35.5. The second-order valence-corrected chi connectivity index (χ2v) is 7.38. The minimum atomic E-state index is -0.585. The number of hydrogen-bond acceptors (Lipinski definition) is 6. The Balaban J connectivity index is 0.00000320. The molecule has 30 heavy (non-hydrogen) atoms. The van der Waals surface area contributed by atoms with E-state index in [0.717, 1.165) is 38.3 Å². The summed E-state index contributed by atoms with van der Waals surface area (Å²) in [6, 6.07) is 12.2. The number of nitrogens with zero attached hydrogens (tertiary/aromatic N) is 2. The van der Waals surface area contributed by atoms with Crippen LogP contribution in [-0.2, 0) is 0 Å². The Hall–Kier alpha value is -2.15. The molecule has 0 saturated carbocycles. The number of methoxy groups -OCH3 is 3. The molecule has 1 aliphatic heterocycles. The van der Waals surface area contributed by atoms with Crippen molar-refractivity contribution in [3.8, 4) is 17.2 Å². The highest BCUT2D eigenvalue weighted by molar-refractivity contribution is 5.85. The molecule has 1 heterocycles. The fraction of sp³-hybridized carbons (Fsp3) is 0.478. The summed E-state index contributed by atoms with van der Waals surface area (Å²) in [5.74, 6) is 1.67. The van der Waals surface area contributed by atoms with Gasteiger partial charge in [-0.15, -0.1) is 12.4 Å².